The molecule has 0 saturated carbocycles. The second kappa shape index (κ2) is 9.26. The quantitative estimate of drug-likeness (QED) is 0.625. The van der Waals surface area contributed by atoms with Gasteiger partial charge in [0.1, 0.15) is 5.82 Å². The Morgan fingerprint density at radius 2 is 1.93 bits per heavy atom. The Bertz CT molecular complexity index is 997. The van der Waals surface area contributed by atoms with Gasteiger partial charge in [-0.2, -0.15) is 4.31 Å². The van der Waals surface area contributed by atoms with Crippen molar-refractivity contribution in [2.45, 2.75) is 11.8 Å². The topological polar surface area (TPSA) is 92.8 Å². The average molecular weight is 473 g/mol. The summed E-state index contributed by atoms with van der Waals surface area (Å²) in [7, 11) is -2.78. The number of esters is 1. The largest absolute Gasteiger partial charge is 0.462 e. The lowest BCUT2D eigenvalue weighted by Gasteiger charge is -2.18. The second-order valence-corrected chi connectivity index (χ2v) is 8.55. The summed E-state index contributed by atoms with van der Waals surface area (Å²) in [5.41, 5.74) is 0.412. The number of benzene rings is 2. The van der Waals surface area contributed by atoms with E-state index in [9.17, 15) is 22.4 Å². The van der Waals surface area contributed by atoms with Gasteiger partial charge in [-0.15, -0.1) is 0 Å². The summed E-state index contributed by atoms with van der Waals surface area (Å²) in [6, 6.07) is 9.18. The third-order valence-electron chi connectivity index (χ3n) is 3.61. The van der Waals surface area contributed by atoms with Gasteiger partial charge in [0.05, 0.1) is 23.6 Å². The molecule has 0 unspecified atom stereocenters. The number of likely N-dealkylation sites (N-methyl/N-ethyl adjacent to an activating group) is 1. The first-order valence-corrected chi connectivity index (χ1v) is 10.4. The molecule has 1 amide bonds. The maximum Gasteiger partial charge on any atom is 0.338 e. The molecular formula is C18H18BrFN2O5S. The van der Waals surface area contributed by atoms with Crippen molar-refractivity contribution < 1.29 is 27.1 Å². The normalized spacial score (nSPS) is 11.3. The molecular weight excluding hydrogens is 455 g/mol. The minimum atomic E-state index is -4.02. The van der Waals surface area contributed by atoms with Crippen molar-refractivity contribution in [3.8, 4) is 0 Å². The van der Waals surface area contributed by atoms with Gasteiger partial charge >= 0.3 is 5.97 Å². The Balaban J connectivity index is 2.14. The summed E-state index contributed by atoms with van der Waals surface area (Å²) in [6.45, 7) is 1.38. The van der Waals surface area contributed by atoms with E-state index in [-0.39, 0.29) is 27.2 Å². The van der Waals surface area contributed by atoms with Crippen LogP contribution in [0.1, 0.15) is 17.3 Å². The van der Waals surface area contributed by atoms with Crippen molar-refractivity contribution in [1.82, 2.24) is 4.31 Å². The van der Waals surface area contributed by atoms with Crippen LogP contribution in [0, 0.1) is 5.82 Å². The molecule has 0 aromatic heterocycles. The third-order valence-corrected chi connectivity index (χ3v) is 6.39. The van der Waals surface area contributed by atoms with Crippen LogP contribution in [-0.4, -0.2) is 44.8 Å². The lowest BCUT2D eigenvalue weighted by Crippen LogP contribution is -2.35. The summed E-state index contributed by atoms with van der Waals surface area (Å²) in [5.74, 6) is -1.73. The highest BCUT2D eigenvalue weighted by Crippen LogP contribution is 2.26. The van der Waals surface area contributed by atoms with E-state index in [0.29, 0.717) is 0 Å². The first-order valence-electron chi connectivity index (χ1n) is 8.13. The molecule has 0 aliphatic carbocycles. The van der Waals surface area contributed by atoms with Crippen LogP contribution in [0.3, 0.4) is 0 Å². The van der Waals surface area contributed by atoms with Gasteiger partial charge in [0.25, 0.3) is 0 Å². The lowest BCUT2D eigenvalue weighted by atomic mass is 10.2. The van der Waals surface area contributed by atoms with E-state index in [2.05, 4.69) is 21.2 Å². The molecule has 0 bridgehead atoms. The second-order valence-electron chi connectivity index (χ2n) is 5.69. The van der Waals surface area contributed by atoms with E-state index in [4.69, 9.17) is 4.74 Å². The molecule has 150 valence electrons. The Morgan fingerprint density at radius 3 is 2.54 bits per heavy atom. The summed E-state index contributed by atoms with van der Waals surface area (Å²) in [5, 5.41) is 2.43. The molecule has 0 aliphatic heterocycles. The Labute approximate surface area is 170 Å². The summed E-state index contributed by atoms with van der Waals surface area (Å²) >= 11 is 3.14. The van der Waals surface area contributed by atoms with E-state index in [1.165, 1.54) is 43.4 Å². The van der Waals surface area contributed by atoms with Gasteiger partial charge < -0.3 is 10.1 Å². The van der Waals surface area contributed by atoms with E-state index >= 15 is 0 Å². The third kappa shape index (κ3) is 5.37. The number of anilines is 1. The minimum Gasteiger partial charge on any atom is -0.462 e. The number of carbonyl (C=O) groups is 2. The maximum atomic E-state index is 13.2. The predicted molar refractivity (Wildman–Crippen MR) is 105 cm³/mol. The highest BCUT2D eigenvalue weighted by Gasteiger charge is 2.26. The zero-order chi connectivity index (χ0) is 20.9. The number of amides is 1. The fraction of sp³-hybridized carbons (Fsp3) is 0.222. The van der Waals surface area contributed by atoms with Crippen LogP contribution in [0.2, 0.25) is 0 Å². The standard InChI is InChI=1S/C18H18BrFN2O5S/c1-3-27-18(24)12-7-8-16(15(19)9-12)28(25,26)22(2)11-17(23)21-14-6-4-5-13(20)10-14/h4-10H,3,11H2,1-2H3,(H,21,23). The number of nitrogens with one attached hydrogen (secondary N) is 1. The molecule has 28 heavy (non-hydrogen) atoms. The van der Waals surface area contributed by atoms with Gasteiger partial charge in [-0.05, 0) is 59.3 Å². The van der Waals surface area contributed by atoms with Crippen LogP contribution >= 0.6 is 15.9 Å². The van der Waals surface area contributed by atoms with Crippen molar-refractivity contribution >= 4 is 43.5 Å². The summed E-state index contributed by atoms with van der Waals surface area (Å²) in [6.07, 6.45) is 0. The van der Waals surface area contributed by atoms with Gasteiger partial charge in [-0.3, -0.25) is 4.79 Å². The van der Waals surface area contributed by atoms with Gasteiger partial charge in [-0.1, -0.05) is 6.07 Å². The fourth-order valence-electron chi connectivity index (χ4n) is 2.27. The number of hydrogen-bond donors (Lipinski definition) is 1. The van der Waals surface area contributed by atoms with Crippen LogP contribution in [0.4, 0.5) is 10.1 Å². The van der Waals surface area contributed by atoms with Gasteiger partial charge in [0.15, 0.2) is 0 Å². The molecule has 2 rings (SSSR count). The molecule has 7 nitrogen and oxygen atoms in total. The number of carbonyl (C=O) groups excluding carboxylic acids is 2. The van der Waals surface area contributed by atoms with Gasteiger partial charge in [0.2, 0.25) is 15.9 Å². The Morgan fingerprint density at radius 1 is 1.21 bits per heavy atom. The van der Waals surface area contributed by atoms with Crippen LogP contribution in [0.5, 0.6) is 0 Å². The first-order chi connectivity index (χ1) is 13.1. The van der Waals surface area contributed by atoms with Crippen molar-refractivity contribution in [1.29, 1.82) is 0 Å². The summed E-state index contributed by atoms with van der Waals surface area (Å²) in [4.78, 5) is 23.7. The molecule has 0 radical (unpaired) electrons. The fourth-order valence-corrected chi connectivity index (χ4v) is 4.43. The SMILES string of the molecule is CCOC(=O)c1ccc(S(=O)(=O)N(C)CC(=O)Nc2cccc(F)c2)c(Br)c1. The van der Waals surface area contributed by atoms with Crippen molar-refractivity contribution in [2.75, 3.05) is 25.5 Å². The lowest BCUT2D eigenvalue weighted by molar-refractivity contribution is -0.116. The number of sulfonamides is 1. The molecule has 2 aromatic rings. The molecule has 0 aliphatic rings. The van der Waals surface area contributed by atoms with Crippen LogP contribution in [0.25, 0.3) is 0 Å². The van der Waals surface area contributed by atoms with Crippen LogP contribution in [0.15, 0.2) is 51.8 Å². The number of ether oxygens (including phenoxy) is 1. The molecule has 1 N–H and O–H groups in total. The van der Waals surface area contributed by atoms with Crippen molar-refractivity contribution in [3.63, 3.8) is 0 Å². The van der Waals surface area contributed by atoms with Gasteiger partial charge in [-0.25, -0.2) is 17.6 Å². The highest BCUT2D eigenvalue weighted by atomic mass is 79.9. The summed E-state index contributed by atoms with van der Waals surface area (Å²) < 4.78 is 44.6. The minimum absolute atomic E-state index is 0.110. The first kappa shape index (κ1) is 22.0. The van der Waals surface area contributed by atoms with E-state index in [1.54, 1.807) is 6.92 Å². The molecule has 0 spiro atoms. The molecule has 0 heterocycles. The van der Waals surface area contributed by atoms with Crippen LogP contribution in [-0.2, 0) is 19.6 Å². The molecule has 2 aromatic carbocycles. The predicted octanol–water partition coefficient (Wildman–Crippen LogP) is 3.02. The van der Waals surface area contributed by atoms with Crippen molar-refractivity contribution in [3.05, 3.63) is 58.3 Å². The average Bonchev–Trinajstić information content (AvgIpc) is 2.61. The number of halogens is 2. The van der Waals surface area contributed by atoms with E-state index < -0.39 is 34.3 Å². The van der Waals surface area contributed by atoms with E-state index in [0.717, 1.165) is 10.4 Å². The molecule has 10 heteroatoms. The smallest absolute Gasteiger partial charge is 0.338 e. The van der Waals surface area contributed by atoms with Crippen LogP contribution < -0.4 is 5.32 Å². The number of rotatable bonds is 7. The Kier molecular flexibility index (Phi) is 7.28. The highest BCUT2D eigenvalue weighted by molar-refractivity contribution is 9.10. The molecule has 0 atom stereocenters. The zero-order valence-corrected chi connectivity index (χ0v) is 17.5. The van der Waals surface area contributed by atoms with E-state index in [1.807, 2.05) is 0 Å². The zero-order valence-electron chi connectivity index (χ0n) is 15.1. The monoisotopic (exact) mass is 472 g/mol. The number of hydrogen-bond acceptors (Lipinski definition) is 5. The number of nitrogens with zero attached hydrogens (tertiary/aromatic N) is 1. The maximum absolute atomic E-state index is 13.2. The Hall–Kier alpha value is -2.30. The van der Waals surface area contributed by atoms with Gasteiger partial charge in [0, 0.05) is 17.2 Å². The van der Waals surface area contributed by atoms with Crippen molar-refractivity contribution in [2.24, 2.45) is 0 Å². The molecule has 0 fully saturated rings. The molecule has 0 saturated heterocycles.